The van der Waals surface area contributed by atoms with Crippen molar-refractivity contribution in [3.63, 3.8) is 0 Å². The van der Waals surface area contributed by atoms with E-state index in [1.807, 2.05) is 55.6 Å². The summed E-state index contributed by atoms with van der Waals surface area (Å²) < 4.78 is 2.76. The molecule has 0 atom stereocenters. The van der Waals surface area contributed by atoms with E-state index in [1.54, 1.807) is 16.8 Å². The molecule has 5 nitrogen and oxygen atoms in total. The standard InChI is InChI=1S/C23H16BrClN4O/c1-2-29-13-20(22(28-29)15-3-7-16(24)8-4-15)18-11-21(27-23(30)19(18)12-26)14-5-9-17(25)10-6-14/h3-11,13H,2H2,1H3,(H,27,30). The third-order valence-corrected chi connectivity index (χ3v) is 5.57. The molecule has 0 bridgehead atoms. The van der Waals surface area contributed by atoms with Gasteiger partial charge in [-0.2, -0.15) is 10.4 Å². The SMILES string of the molecule is CCn1cc(-c2cc(-c3ccc(Cl)cc3)[nH]c(=O)c2C#N)c(-c2ccc(Br)cc2)n1. The number of benzene rings is 2. The first-order chi connectivity index (χ1) is 14.5. The van der Waals surface area contributed by atoms with Crippen molar-refractivity contribution in [3.8, 4) is 39.7 Å². The second-order valence-electron chi connectivity index (χ2n) is 6.67. The van der Waals surface area contributed by atoms with E-state index in [0.29, 0.717) is 28.5 Å². The van der Waals surface area contributed by atoms with E-state index in [-0.39, 0.29) is 5.56 Å². The fourth-order valence-electron chi connectivity index (χ4n) is 3.27. The van der Waals surface area contributed by atoms with Crippen molar-refractivity contribution < 1.29 is 0 Å². The predicted molar refractivity (Wildman–Crippen MR) is 122 cm³/mol. The molecule has 0 fully saturated rings. The molecule has 0 unspecified atom stereocenters. The minimum Gasteiger partial charge on any atom is -0.321 e. The van der Waals surface area contributed by atoms with E-state index in [0.717, 1.165) is 21.2 Å². The highest BCUT2D eigenvalue weighted by atomic mass is 79.9. The van der Waals surface area contributed by atoms with E-state index in [4.69, 9.17) is 11.6 Å². The van der Waals surface area contributed by atoms with E-state index in [2.05, 4.69) is 32.1 Å². The number of nitrogens with zero attached hydrogens (tertiary/aromatic N) is 3. The van der Waals surface area contributed by atoms with Gasteiger partial charge in [0.2, 0.25) is 0 Å². The van der Waals surface area contributed by atoms with Gasteiger partial charge in [0.25, 0.3) is 5.56 Å². The van der Waals surface area contributed by atoms with Gasteiger partial charge >= 0.3 is 0 Å². The number of hydrogen-bond acceptors (Lipinski definition) is 3. The van der Waals surface area contributed by atoms with E-state index < -0.39 is 5.56 Å². The van der Waals surface area contributed by atoms with Gasteiger partial charge in [-0.25, -0.2) is 0 Å². The lowest BCUT2D eigenvalue weighted by Crippen LogP contribution is -2.12. The predicted octanol–water partition coefficient (Wildman–Crippen LogP) is 5.88. The minimum absolute atomic E-state index is 0.0572. The third kappa shape index (κ3) is 3.82. The van der Waals surface area contributed by atoms with Crippen LogP contribution in [0.1, 0.15) is 12.5 Å². The second kappa shape index (κ2) is 8.31. The summed E-state index contributed by atoms with van der Waals surface area (Å²) in [7, 11) is 0. The Morgan fingerprint density at radius 2 is 1.77 bits per heavy atom. The fourth-order valence-corrected chi connectivity index (χ4v) is 3.66. The van der Waals surface area contributed by atoms with Crippen molar-refractivity contribution >= 4 is 27.5 Å². The van der Waals surface area contributed by atoms with Crippen LogP contribution in [0.5, 0.6) is 0 Å². The van der Waals surface area contributed by atoms with Crippen LogP contribution < -0.4 is 5.56 Å². The average molecular weight is 480 g/mol. The molecular formula is C23H16BrClN4O. The molecule has 0 aliphatic rings. The molecule has 0 saturated carbocycles. The number of aromatic amines is 1. The monoisotopic (exact) mass is 478 g/mol. The van der Waals surface area contributed by atoms with Crippen LogP contribution in [0.3, 0.4) is 0 Å². The van der Waals surface area contributed by atoms with Gasteiger partial charge in [0.15, 0.2) is 0 Å². The Bertz CT molecular complexity index is 1320. The van der Waals surface area contributed by atoms with Crippen LogP contribution in [-0.2, 0) is 6.54 Å². The van der Waals surface area contributed by atoms with Crippen LogP contribution in [0.2, 0.25) is 5.02 Å². The molecule has 30 heavy (non-hydrogen) atoms. The number of aryl methyl sites for hydroxylation is 1. The molecule has 2 aromatic carbocycles. The molecule has 0 radical (unpaired) electrons. The molecule has 148 valence electrons. The first-order valence-corrected chi connectivity index (χ1v) is 10.4. The fraction of sp³-hybridized carbons (Fsp3) is 0.0870. The van der Waals surface area contributed by atoms with Gasteiger partial charge in [0, 0.05) is 44.6 Å². The summed E-state index contributed by atoms with van der Waals surface area (Å²) in [5, 5.41) is 15.0. The maximum Gasteiger partial charge on any atom is 0.266 e. The zero-order chi connectivity index (χ0) is 21.3. The largest absolute Gasteiger partial charge is 0.321 e. The smallest absolute Gasteiger partial charge is 0.266 e. The normalized spacial score (nSPS) is 10.7. The van der Waals surface area contributed by atoms with Crippen LogP contribution >= 0.6 is 27.5 Å². The maximum absolute atomic E-state index is 12.7. The number of hydrogen-bond donors (Lipinski definition) is 1. The number of nitriles is 1. The van der Waals surface area contributed by atoms with Crippen LogP contribution in [0.25, 0.3) is 33.6 Å². The molecule has 4 aromatic rings. The molecule has 1 N–H and O–H groups in total. The Kier molecular flexibility index (Phi) is 5.58. The van der Waals surface area contributed by atoms with Crippen LogP contribution in [0, 0.1) is 11.3 Å². The summed E-state index contributed by atoms with van der Waals surface area (Å²) in [5.74, 6) is 0. The number of pyridine rings is 1. The number of nitrogens with one attached hydrogen (secondary N) is 1. The van der Waals surface area contributed by atoms with Crippen molar-refractivity contribution in [2.45, 2.75) is 13.5 Å². The Balaban J connectivity index is 1.97. The molecular weight excluding hydrogens is 464 g/mol. The van der Waals surface area contributed by atoms with Gasteiger partial charge in [0.1, 0.15) is 17.3 Å². The van der Waals surface area contributed by atoms with E-state index >= 15 is 0 Å². The van der Waals surface area contributed by atoms with Crippen LogP contribution in [0.4, 0.5) is 0 Å². The van der Waals surface area contributed by atoms with Crippen molar-refractivity contribution in [2.75, 3.05) is 0 Å². The van der Waals surface area contributed by atoms with E-state index in [1.165, 1.54) is 0 Å². The summed E-state index contributed by atoms with van der Waals surface area (Å²) >= 11 is 9.44. The van der Waals surface area contributed by atoms with E-state index in [9.17, 15) is 10.1 Å². The summed E-state index contributed by atoms with van der Waals surface area (Å²) in [5.41, 5.74) is 3.92. The van der Waals surface area contributed by atoms with Gasteiger partial charge in [0.05, 0.1) is 0 Å². The summed E-state index contributed by atoms with van der Waals surface area (Å²) in [6, 6.07) is 18.8. The first-order valence-electron chi connectivity index (χ1n) is 9.27. The van der Waals surface area contributed by atoms with Gasteiger partial charge < -0.3 is 4.98 Å². The van der Waals surface area contributed by atoms with Gasteiger partial charge in [-0.1, -0.05) is 51.8 Å². The van der Waals surface area contributed by atoms with Gasteiger partial charge in [-0.05, 0) is 42.8 Å². The molecule has 2 aromatic heterocycles. The van der Waals surface area contributed by atoms with Crippen molar-refractivity contribution in [3.05, 3.63) is 86.2 Å². The number of halogens is 2. The molecule has 0 aliphatic heterocycles. The van der Waals surface area contributed by atoms with Gasteiger partial charge in [-0.3, -0.25) is 9.48 Å². The zero-order valence-electron chi connectivity index (χ0n) is 16.0. The van der Waals surface area contributed by atoms with Crippen molar-refractivity contribution in [2.24, 2.45) is 0 Å². The summed E-state index contributed by atoms with van der Waals surface area (Å²) in [4.78, 5) is 15.5. The second-order valence-corrected chi connectivity index (χ2v) is 8.03. The number of H-pyrrole nitrogens is 1. The lowest BCUT2D eigenvalue weighted by Gasteiger charge is -2.09. The molecule has 4 rings (SSSR count). The minimum atomic E-state index is -0.439. The highest BCUT2D eigenvalue weighted by molar-refractivity contribution is 9.10. The Labute approximate surface area is 186 Å². The topological polar surface area (TPSA) is 74.5 Å². The zero-order valence-corrected chi connectivity index (χ0v) is 18.3. The maximum atomic E-state index is 12.7. The number of rotatable bonds is 4. The van der Waals surface area contributed by atoms with Crippen molar-refractivity contribution in [1.29, 1.82) is 5.26 Å². The Morgan fingerprint density at radius 1 is 1.10 bits per heavy atom. The lowest BCUT2D eigenvalue weighted by atomic mass is 9.97. The molecule has 0 spiro atoms. The van der Waals surface area contributed by atoms with Gasteiger partial charge in [-0.15, -0.1) is 0 Å². The highest BCUT2D eigenvalue weighted by Crippen LogP contribution is 2.34. The average Bonchev–Trinajstić information content (AvgIpc) is 3.18. The highest BCUT2D eigenvalue weighted by Gasteiger charge is 2.19. The van der Waals surface area contributed by atoms with Crippen LogP contribution in [-0.4, -0.2) is 14.8 Å². The molecule has 7 heteroatoms. The summed E-state index contributed by atoms with van der Waals surface area (Å²) in [6.07, 6.45) is 1.87. The number of aromatic nitrogens is 3. The third-order valence-electron chi connectivity index (χ3n) is 4.79. The van der Waals surface area contributed by atoms with Crippen LogP contribution in [0.15, 0.2) is 70.1 Å². The molecule has 0 amide bonds. The Hall–Kier alpha value is -3.14. The van der Waals surface area contributed by atoms with Crippen molar-refractivity contribution in [1.82, 2.24) is 14.8 Å². The Morgan fingerprint density at radius 3 is 2.40 bits per heavy atom. The molecule has 0 aliphatic carbocycles. The summed E-state index contributed by atoms with van der Waals surface area (Å²) in [6.45, 7) is 2.66. The molecule has 2 heterocycles. The lowest BCUT2D eigenvalue weighted by molar-refractivity contribution is 0.662. The molecule has 0 saturated heterocycles. The quantitative estimate of drug-likeness (QED) is 0.397. The first kappa shape index (κ1) is 20.1.